The molecule has 0 unspecified atom stereocenters. The minimum atomic E-state index is -2.21. The van der Waals surface area contributed by atoms with Crippen molar-refractivity contribution in [2.75, 3.05) is 0 Å². The minimum absolute atomic E-state index is 0.0955. The number of hydrogen-bond donors (Lipinski definition) is 2. The number of amides is 5. The van der Waals surface area contributed by atoms with Gasteiger partial charge in [0.05, 0.1) is 11.8 Å². The second kappa shape index (κ2) is 7.50. The highest BCUT2D eigenvalue weighted by atomic mass is 16.6. The third kappa shape index (κ3) is 4.47. The summed E-state index contributed by atoms with van der Waals surface area (Å²) in [6.07, 6.45) is -4.02. The number of rotatable bonds is 2. The topological polar surface area (TPSA) is 168 Å². The van der Waals surface area contributed by atoms with Crippen LogP contribution in [0.5, 0.6) is 0 Å². The molecule has 172 valence electrons. The number of carbonyl (C=O) groups excluding carboxylic acids is 4. The van der Waals surface area contributed by atoms with Gasteiger partial charge in [-0.15, -0.1) is 0 Å². The molecule has 1 heterocycles. The van der Waals surface area contributed by atoms with Crippen molar-refractivity contribution in [3.63, 3.8) is 0 Å². The molecule has 0 radical (unpaired) electrons. The molecule has 1 spiro atoms. The number of carboxylic acids is 2. The lowest BCUT2D eigenvalue weighted by Gasteiger charge is -2.31. The Balaban J connectivity index is 2.59. The lowest BCUT2D eigenvalue weighted by atomic mass is 9.94. The molecule has 2 rings (SSSR count). The quantitative estimate of drug-likeness (QED) is 0.604. The van der Waals surface area contributed by atoms with Gasteiger partial charge >= 0.3 is 30.2 Å². The molecule has 0 bridgehead atoms. The molecule has 2 N–H and O–H groups in total. The summed E-state index contributed by atoms with van der Waals surface area (Å²) >= 11 is 0. The Kier molecular flexibility index (Phi) is 5.83. The number of urea groups is 1. The van der Waals surface area contributed by atoms with Crippen molar-refractivity contribution in [1.29, 1.82) is 0 Å². The first-order chi connectivity index (χ1) is 13.9. The Morgan fingerprint density at radius 1 is 0.839 bits per heavy atom. The fourth-order valence-corrected chi connectivity index (χ4v) is 3.67. The van der Waals surface area contributed by atoms with E-state index in [1.54, 1.807) is 0 Å². The average Bonchev–Trinajstić information content (AvgIpc) is 3.02. The van der Waals surface area contributed by atoms with E-state index < -0.39 is 77.5 Å². The first-order valence-electron chi connectivity index (χ1n) is 9.51. The van der Waals surface area contributed by atoms with E-state index in [4.69, 9.17) is 9.47 Å². The van der Waals surface area contributed by atoms with Gasteiger partial charge in [0.2, 0.25) is 0 Å². The first kappa shape index (κ1) is 24.1. The van der Waals surface area contributed by atoms with Crippen LogP contribution in [-0.2, 0) is 23.9 Å². The second-order valence-corrected chi connectivity index (χ2v) is 9.55. The normalized spacial score (nSPS) is 23.3. The Labute approximate surface area is 178 Å². The van der Waals surface area contributed by atoms with Gasteiger partial charge in [-0.2, -0.15) is 4.90 Å². The van der Waals surface area contributed by atoms with Gasteiger partial charge in [-0.3, -0.25) is 14.4 Å². The summed E-state index contributed by atoms with van der Waals surface area (Å²) in [6, 6.07) is -1.39. The summed E-state index contributed by atoms with van der Waals surface area (Å²) in [5.41, 5.74) is -4.40. The number of nitrogens with zero attached hydrogens (tertiary/aromatic N) is 2. The molecule has 5 amide bonds. The molecule has 1 aliphatic heterocycles. The summed E-state index contributed by atoms with van der Waals surface area (Å²) in [7, 11) is 0. The van der Waals surface area contributed by atoms with Gasteiger partial charge in [-0.05, 0) is 54.4 Å². The van der Waals surface area contributed by atoms with Crippen LogP contribution in [0, 0.1) is 11.8 Å². The smallest absolute Gasteiger partial charge is 0.425 e. The molecule has 0 aromatic rings. The zero-order chi connectivity index (χ0) is 24.1. The van der Waals surface area contributed by atoms with Gasteiger partial charge in [-0.1, -0.05) is 0 Å². The van der Waals surface area contributed by atoms with Crippen LogP contribution in [-0.4, -0.2) is 72.8 Å². The molecule has 1 saturated carbocycles. The number of carbonyl (C=O) groups is 6. The lowest BCUT2D eigenvalue weighted by molar-refractivity contribution is -0.152. The van der Waals surface area contributed by atoms with Gasteiger partial charge in [0.15, 0.2) is 0 Å². The number of aliphatic carboxylic acids is 2. The molecule has 12 nitrogen and oxygen atoms in total. The molecular weight excluding hydrogens is 416 g/mol. The summed E-state index contributed by atoms with van der Waals surface area (Å²) in [6.45, 7) is 8.98. The van der Waals surface area contributed by atoms with E-state index in [0.717, 1.165) is 0 Å². The number of carboxylic acid groups (broad SMARTS) is 2. The summed E-state index contributed by atoms with van der Waals surface area (Å²) in [5, 5.41) is 18.9. The van der Waals surface area contributed by atoms with E-state index in [9.17, 15) is 39.0 Å². The van der Waals surface area contributed by atoms with E-state index in [1.807, 2.05) is 0 Å². The van der Waals surface area contributed by atoms with Gasteiger partial charge < -0.3 is 19.7 Å². The molecule has 31 heavy (non-hydrogen) atoms. The molecule has 12 heteroatoms. The van der Waals surface area contributed by atoms with Crippen molar-refractivity contribution < 1.29 is 48.5 Å². The van der Waals surface area contributed by atoms with Crippen molar-refractivity contribution in [2.45, 2.75) is 71.1 Å². The number of imide groups is 4. The highest BCUT2D eigenvalue weighted by Crippen LogP contribution is 2.48. The van der Waals surface area contributed by atoms with Crippen molar-refractivity contribution in [1.82, 2.24) is 9.80 Å². The van der Waals surface area contributed by atoms with E-state index in [-0.39, 0.29) is 4.90 Å². The Morgan fingerprint density at radius 2 is 1.23 bits per heavy atom. The summed E-state index contributed by atoms with van der Waals surface area (Å²) in [5.74, 6) is -7.39. The molecule has 0 aromatic heterocycles. The molecule has 1 aliphatic carbocycles. The van der Waals surface area contributed by atoms with E-state index in [0.29, 0.717) is 4.90 Å². The molecule has 0 aromatic carbocycles. The Hall–Kier alpha value is -3.18. The standard InChI is InChI=1S/C19H26N2O10/c1-17(2,3)30-15(28)20-13(26)19(7-9(11(22)23)10(8-19)12(24)25)21(14(20)27)16(29)31-18(4,5)6/h9-10H,7-8H2,1-6H3,(H,22,23)(H,24,25)/t9-,10-/m1/s1. The SMILES string of the molecule is CC(C)(C)OC(=O)N1C(=O)N(C(=O)OC(C)(C)C)C2(C[C@@H](C(=O)O)[C@H](C(=O)O)C2)C1=O. The fraction of sp³-hybridized carbons (Fsp3) is 0.684. The predicted molar refractivity (Wildman–Crippen MR) is 101 cm³/mol. The van der Waals surface area contributed by atoms with Gasteiger partial charge in [0, 0.05) is 0 Å². The van der Waals surface area contributed by atoms with Gasteiger partial charge in [0.1, 0.15) is 16.7 Å². The fourth-order valence-electron chi connectivity index (χ4n) is 3.67. The van der Waals surface area contributed by atoms with Gasteiger partial charge in [-0.25, -0.2) is 19.3 Å². The van der Waals surface area contributed by atoms with Crippen LogP contribution in [0.3, 0.4) is 0 Å². The van der Waals surface area contributed by atoms with Crippen LogP contribution < -0.4 is 0 Å². The summed E-state index contributed by atoms with van der Waals surface area (Å²) < 4.78 is 10.3. The third-order valence-corrected chi connectivity index (χ3v) is 4.80. The van der Waals surface area contributed by atoms with Crippen LogP contribution in [0.1, 0.15) is 54.4 Å². The first-order valence-corrected chi connectivity index (χ1v) is 9.51. The monoisotopic (exact) mass is 442 g/mol. The molecule has 1 saturated heterocycles. The molecular formula is C19H26N2O10. The zero-order valence-electron chi connectivity index (χ0n) is 18.1. The van der Waals surface area contributed by atoms with Crippen molar-refractivity contribution in [3.05, 3.63) is 0 Å². The van der Waals surface area contributed by atoms with Crippen LogP contribution in [0.15, 0.2) is 0 Å². The largest absolute Gasteiger partial charge is 0.481 e. The summed E-state index contributed by atoms with van der Waals surface area (Å²) in [4.78, 5) is 75.4. The van der Waals surface area contributed by atoms with Crippen LogP contribution in [0.2, 0.25) is 0 Å². The Bertz CT molecular complexity index is 829. The highest BCUT2D eigenvalue weighted by Gasteiger charge is 2.69. The maximum atomic E-state index is 13.3. The Morgan fingerprint density at radius 3 is 1.58 bits per heavy atom. The maximum Gasteiger partial charge on any atom is 0.425 e. The van der Waals surface area contributed by atoms with Crippen molar-refractivity contribution in [2.24, 2.45) is 11.8 Å². The van der Waals surface area contributed by atoms with Crippen LogP contribution >= 0.6 is 0 Å². The molecule has 2 atom stereocenters. The van der Waals surface area contributed by atoms with E-state index >= 15 is 0 Å². The predicted octanol–water partition coefficient (Wildman–Crippen LogP) is 2.05. The zero-order valence-corrected chi connectivity index (χ0v) is 18.1. The highest BCUT2D eigenvalue weighted by molar-refractivity contribution is 6.21. The lowest BCUT2D eigenvalue weighted by Crippen LogP contribution is -2.52. The van der Waals surface area contributed by atoms with Gasteiger partial charge in [0.25, 0.3) is 5.91 Å². The van der Waals surface area contributed by atoms with E-state index in [2.05, 4.69) is 0 Å². The molecule has 2 fully saturated rings. The third-order valence-electron chi connectivity index (χ3n) is 4.80. The maximum absolute atomic E-state index is 13.3. The minimum Gasteiger partial charge on any atom is -0.481 e. The van der Waals surface area contributed by atoms with Crippen LogP contribution in [0.25, 0.3) is 0 Å². The molecule has 2 aliphatic rings. The van der Waals surface area contributed by atoms with Crippen molar-refractivity contribution >= 4 is 36.1 Å². The average molecular weight is 442 g/mol. The van der Waals surface area contributed by atoms with E-state index in [1.165, 1.54) is 41.5 Å². The number of ether oxygens (including phenoxy) is 2. The van der Waals surface area contributed by atoms with Crippen molar-refractivity contribution in [3.8, 4) is 0 Å². The van der Waals surface area contributed by atoms with Crippen LogP contribution in [0.4, 0.5) is 14.4 Å². The number of hydrogen-bond acceptors (Lipinski definition) is 8. The second-order valence-electron chi connectivity index (χ2n) is 9.55.